The molecule has 242 valence electrons. The molecule has 3 nitrogen and oxygen atoms in total. The predicted octanol–water partition coefficient (Wildman–Crippen LogP) is 12.4. The molecule has 0 saturated carbocycles. The maximum absolute atomic E-state index is 5.54. The van der Waals surface area contributed by atoms with Crippen LogP contribution in [0.5, 0.6) is 0 Å². The van der Waals surface area contributed by atoms with Gasteiger partial charge in [-0.05, 0) is 42.0 Å². The fraction of sp³-hybridized carbons (Fsp3) is 0.0625. The molecule has 0 amide bonds. The van der Waals surface area contributed by atoms with Crippen molar-refractivity contribution in [1.29, 1.82) is 0 Å². The van der Waals surface area contributed by atoms with Crippen LogP contribution in [0.4, 0.5) is 0 Å². The first-order valence-electron chi connectivity index (χ1n) is 17.7. The van der Waals surface area contributed by atoms with Crippen LogP contribution in [0, 0.1) is 0 Å². The van der Waals surface area contributed by atoms with Gasteiger partial charge in [0.15, 0.2) is 0 Å². The second-order valence-electron chi connectivity index (χ2n) is 13.8. The van der Waals surface area contributed by atoms with Crippen LogP contribution in [0.1, 0.15) is 18.9 Å². The highest BCUT2D eigenvalue weighted by atomic mass is 15.2. The largest absolute Gasteiger partial charge is 0.331 e. The number of fused-ring (bicyclic) bond motifs is 6. The number of allylic oxidation sites excluding steroid dienone is 4. The summed E-state index contributed by atoms with van der Waals surface area (Å²) < 4.78 is 4.76. The lowest BCUT2D eigenvalue weighted by molar-refractivity contribution is 0.438. The van der Waals surface area contributed by atoms with E-state index in [1.54, 1.807) is 0 Å². The van der Waals surface area contributed by atoms with Gasteiger partial charge in [-0.2, -0.15) is 5.10 Å². The third-order valence-corrected chi connectivity index (χ3v) is 10.7. The van der Waals surface area contributed by atoms with Crippen molar-refractivity contribution in [3.05, 3.63) is 188 Å². The number of aromatic nitrogens is 3. The first-order valence-corrected chi connectivity index (χ1v) is 17.7. The lowest BCUT2D eigenvalue weighted by Gasteiger charge is -2.32. The maximum Gasteiger partial charge on any atom is 0.101 e. The molecule has 51 heavy (non-hydrogen) atoms. The van der Waals surface area contributed by atoms with Gasteiger partial charge in [0.25, 0.3) is 0 Å². The topological polar surface area (TPSA) is 22.2 Å². The van der Waals surface area contributed by atoms with Crippen LogP contribution in [0.2, 0.25) is 0 Å². The van der Waals surface area contributed by atoms with E-state index in [0.717, 1.165) is 45.6 Å². The summed E-state index contributed by atoms with van der Waals surface area (Å²) in [6.45, 7) is 2.36. The average molecular weight is 654 g/mol. The summed E-state index contributed by atoms with van der Waals surface area (Å²) in [6.07, 6.45) is 8.07. The van der Waals surface area contributed by atoms with Crippen LogP contribution in [-0.2, 0) is 5.54 Å². The van der Waals surface area contributed by atoms with Gasteiger partial charge in [0.2, 0.25) is 0 Å². The molecular formula is C48H35N3. The number of hydrogen-bond donors (Lipinski definition) is 0. The van der Waals surface area contributed by atoms with E-state index in [-0.39, 0.29) is 5.54 Å². The van der Waals surface area contributed by atoms with Crippen molar-refractivity contribution in [2.75, 3.05) is 0 Å². The Morgan fingerprint density at radius 3 is 1.61 bits per heavy atom. The molecule has 3 aromatic heterocycles. The number of benzene rings is 6. The van der Waals surface area contributed by atoms with E-state index in [1.165, 1.54) is 43.7 Å². The van der Waals surface area contributed by atoms with Gasteiger partial charge in [-0.3, -0.25) is 0 Å². The molecule has 0 radical (unpaired) electrons. The van der Waals surface area contributed by atoms with E-state index in [4.69, 9.17) is 5.10 Å². The van der Waals surface area contributed by atoms with Crippen LogP contribution < -0.4 is 0 Å². The highest BCUT2D eigenvalue weighted by Crippen LogP contribution is 2.46. The summed E-state index contributed by atoms with van der Waals surface area (Å²) in [5.41, 5.74) is 12.4. The molecule has 0 fully saturated rings. The Morgan fingerprint density at radius 1 is 0.510 bits per heavy atom. The van der Waals surface area contributed by atoms with E-state index in [2.05, 4.69) is 198 Å². The van der Waals surface area contributed by atoms with Gasteiger partial charge in [0, 0.05) is 49.4 Å². The number of para-hydroxylation sites is 2. The van der Waals surface area contributed by atoms with Gasteiger partial charge >= 0.3 is 0 Å². The highest BCUT2D eigenvalue weighted by Gasteiger charge is 2.31. The van der Waals surface area contributed by atoms with Gasteiger partial charge in [-0.15, -0.1) is 0 Å². The first kappa shape index (κ1) is 29.5. The molecule has 9 aromatic rings. The second kappa shape index (κ2) is 11.6. The molecule has 0 N–H and O–H groups in total. The first-order chi connectivity index (χ1) is 25.2. The van der Waals surface area contributed by atoms with E-state index in [1.807, 2.05) is 0 Å². The van der Waals surface area contributed by atoms with Gasteiger partial charge < -0.3 is 4.57 Å². The third-order valence-electron chi connectivity index (χ3n) is 10.7. The maximum atomic E-state index is 5.54. The molecule has 10 rings (SSSR count). The van der Waals surface area contributed by atoms with E-state index in [0.29, 0.717) is 0 Å². The van der Waals surface area contributed by atoms with Crippen molar-refractivity contribution in [3.63, 3.8) is 0 Å². The van der Waals surface area contributed by atoms with Crippen LogP contribution in [0.15, 0.2) is 182 Å². The normalized spacial score (nSPS) is 16.0. The lowest BCUT2D eigenvalue weighted by atomic mass is 9.84. The zero-order chi connectivity index (χ0) is 33.9. The fourth-order valence-electron chi connectivity index (χ4n) is 8.35. The molecule has 3 heteroatoms. The molecule has 1 atom stereocenters. The van der Waals surface area contributed by atoms with Crippen LogP contribution in [-0.4, -0.2) is 14.2 Å². The Morgan fingerprint density at radius 2 is 1.02 bits per heavy atom. The Bertz CT molecular complexity index is 2770. The molecule has 0 saturated heterocycles. The summed E-state index contributed by atoms with van der Waals surface area (Å²) >= 11 is 0. The molecule has 0 aliphatic heterocycles. The molecule has 6 aromatic carbocycles. The molecular weight excluding hydrogens is 619 g/mol. The number of pyridine rings is 1. The van der Waals surface area contributed by atoms with Crippen LogP contribution >= 0.6 is 0 Å². The number of nitrogens with zero attached hydrogens (tertiary/aromatic N) is 3. The molecule has 1 aliphatic carbocycles. The van der Waals surface area contributed by atoms with E-state index >= 15 is 0 Å². The minimum Gasteiger partial charge on any atom is -0.331 e. The van der Waals surface area contributed by atoms with Crippen molar-refractivity contribution in [1.82, 2.24) is 14.2 Å². The minimum absolute atomic E-state index is 0.244. The quantitative estimate of drug-likeness (QED) is 0.181. The summed E-state index contributed by atoms with van der Waals surface area (Å²) in [5.74, 6) is 0. The molecule has 1 unspecified atom stereocenters. The molecule has 1 aliphatic rings. The minimum atomic E-state index is -0.244. The van der Waals surface area contributed by atoms with Crippen molar-refractivity contribution in [2.24, 2.45) is 0 Å². The number of rotatable bonds is 5. The highest BCUT2D eigenvalue weighted by molar-refractivity contribution is 6.14. The summed E-state index contributed by atoms with van der Waals surface area (Å²) in [6, 6.07) is 58.6. The van der Waals surface area contributed by atoms with Gasteiger partial charge in [0.05, 0.1) is 16.7 Å². The molecule has 0 spiro atoms. The van der Waals surface area contributed by atoms with Gasteiger partial charge in [0.1, 0.15) is 5.69 Å². The molecule has 0 bridgehead atoms. The monoisotopic (exact) mass is 653 g/mol. The Kier molecular flexibility index (Phi) is 6.68. The van der Waals surface area contributed by atoms with Crippen LogP contribution in [0.25, 0.3) is 77.3 Å². The fourth-order valence-corrected chi connectivity index (χ4v) is 8.35. The standard InChI is InChI=1S/C48H35N3/c1-48(50-41-27-15-13-23-37(41)38-24-14-16-28-42(38)50)31-29-34(30-32-48)43-39-25-11-12-26-40(39)47-44(33-17-5-2-6-18-33)45(35-19-7-3-8-20-35)49-51(47)46(43)36-21-9-4-10-22-36/h2-31H,32H2,1H3. The third kappa shape index (κ3) is 4.55. The van der Waals surface area contributed by atoms with Crippen LogP contribution in [0.3, 0.4) is 0 Å². The Hall–Kier alpha value is -6.45. The average Bonchev–Trinajstić information content (AvgIpc) is 3.77. The Labute approximate surface area is 297 Å². The van der Waals surface area contributed by atoms with E-state index in [9.17, 15) is 0 Å². The van der Waals surface area contributed by atoms with Crippen molar-refractivity contribution in [3.8, 4) is 33.6 Å². The smallest absolute Gasteiger partial charge is 0.101 e. The second-order valence-corrected chi connectivity index (χ2v) is 13.8. The number of hydrogen-bond acceptors (Lipinski definition) is 1. The van der Waals surface area contributed by atoms with Crippen molar-refractivity contribution >= 4 is 43.7 Å². The van der Waals surface area contributed by atoms with Crippen molar-refractivity contribution in [2.45, 2.75) is 18.9 Å². The zero-order valence-corrected chi connectivity index (χ0v) is 28.4. The van der Waals surface area contributed by atoms with Gasteiger partial charge in [-0.25, -0.2) is 4.52 Å². The van der Waals surface area contributed by atoms with Crippen molar-refractivity contribution < 1.29 is 0 Å². The van der Waals surface area contributed by atoms with Gasteiger partial charge in [-0.1, -0.05) is 170 Å². The summed E-state index contributed by atoms with van der Waals surface area (Å²) in [5, 5.41) is 10.5. The van der Waals surface area contributed by atoms with E-state index < -0.39 is 0 Å². The lowest BCUT2D eigenvalue weighted by Crippen LogP contribution is -2.28. The summed E-state index contributed by atoms with van der Waals surface area (Å²) in [4.78, 5) is 0. The Balaban J connectivity index is 1.25. The predicted molar refractivity (Wildman–Crippen MR) is 214 cm³/mol. The summed E-state index contributed by atoms with van der Waals surface area (Å²) in [7, 11) is 0. The SMILES string of the molecule is CC1(n2c3ccccc3c3ccccc32)C=CC(c2c(-c3ccccc3)n3nc(-c4ccccc4)c(-c4ccccc4)c3c3ccccc23)=CC1. The zero-order valence-electron chi connectivity index (χ0n) is 28.4. The molecule has 3 heterocycles.